The fourth-order valence-electron chi connectivity index (χ4n) is 2.95. The van der Waals surface area contributed by atoms with Crippen molar-refractivity contribution in [3.8, 4) is 0 Å². The minimum absolute atomic E-state index is 0.168. The van der Waals surface area contributed by atoms with Gasteiger partial charge in [0, 0.05) is 18.5 Å². The second-order valence-electron chi connectivity index (χ2n) is 5.99. The first kappa shape index (κ1) is 15.4. The highest BCUT2D eigenvalue weighted by Gasteiger charge is 2.21. The average molecular weight is 317 g/mol. The number of para-hydroxylation sites is 1. The molecule has 1 fully saturated rings. The molecule has 2 unspecified atom stereocenters. The molecule has 4 nitrogen and oxygen atoms in total. The third-order valence-electron chi connectivity index (χ3n) is 4.24. The quantitative estimate of drug-likeness (QED) is 0.891. The summed E-state index contributed by atoms with van der Waals surface area (Å²) in [4.78, 5) is 16.7. The van der Waals surface area contributed by atoms with Crippen molar-refractivity contribution in [1.29, 1.82) is 0 Å². The molecule has 2 N–H and O–H groups in total. The van der Waals surface area contributed by atoms with Gasteiger partial charge in [0.2, 0.25) is 5.91 Å². The van der Waals surface area contributed by atoms with E-state index in [0.717, 1.165) is 42.8 Å². The van der Waals surface area contributed by atoms with Crippen molar-refractivity contribution in [2.45, 2.75) is 51.1 Å². The van der Waals surface area contributed by atoms with Gasteiger partial charge in [0.1, 0.15) is 0 Å². The number of piperidine rings is 1. The number of carbonyl (C=O) groups is 1. The minimum Gasteiger partial charge on any atom is -0.352 e. The summed E-state index contributed by atoms with van der Waals surface area (Å²) in [5, 5.41) is 7.70. The molecule has 5 heteroatoms. The van der Waals surface area contributed by atoms with Crippen LogP contribution in [-0.4, -0.2) is 29.5 Å². The Balaban J connectivity index is 1.45. The number of aromatic nitrogens is 1. The van der Waals surface area contributed by atoms with Gasteiger partial charge < -0.3 is 10.6 Å². The third kappa shape index (κ3) is 3.84. The van der Waals surface area contributed by atoms with Crippen LogP contribution in [0.5, 0.6) is 0 Å². The van der Waals surface area contributed by atoms with E-state index in [1.807, 2.05) is 18.2 Å². The maximum atomic E-state index is 12.1. The smallest absolute Gasteiger partial charge is 0.220 e. The zero-order valence-corrected chi connectivity index (χ0v) is 13.8. The molecule has 22 heavy (non-hydrogen) atoms. The normalized spacial score (nSPS) is 21.9. The summed E-state index contributed by atoms with van der Waals surface area (Å²) in [7, 11) is 0. The van der Waals surface area contributed by atoms with Crippen LogP contribution in [0.4, 0.5) is 0 Å². The van der Waals surface area contributed by atoms with Crippen LogP contribution in [0.1, 0.15) is 37.6 Å². The standard InChI is InChI=1S/C17H23N3OS/c1-12-13(7-5-11-18-12)19-16(21)9-4-10-17-20-14-6-2-3-8-15(14)22-17/h2-3,6,8,12-13,18H,4-5,7,9-11H2,1H3,(H,19,21). The maximum Gasteiger partial charge on any atom is 0.220 e. The van der Waals surface area contributed by atoms with Crippen LogP contribution >= 0.6 is 11.3 Å². The molecule has 0 radical (unpaired) electrons. The zero-order chi connectivity index (χ0) is 15.4. The molecule has 1 aromatic carbocycles. The van der Waals surface area contributed by atoms with E-state index in [2.05, 4.69) is 28.6 Å². The summed E-state index contributed by atoms with van der Waals surface area (Å²) in [5.41, 5.74) is 1.06. The van der Waals surface area contributed by atoms with Gasteiger partial charge in [0.05, 0.1) is 15.2 Å². The molecule has 0 bridgehead atoms. The van der Waals surface area contributed by atoms with Crippen molar-refractivity contribution in [2.75, 3.05) is 6.54 Å². The van der Waals surface area contributed by atoms with E-state index >= 15 is 0 Å². The van der Waals surface area contributed by atoms with Crippen LogP contribution in [-0.2, 0) is 11.2 Å². The van der Waals surface area contributed by atoms with Gasteiger partial charge in [-0.1, -0.05) is 12.1 Å². The predicted octanol–water partition coefficient (Wildman–Crippen LogP) is 2.88. The number of nitrogens with zero attached hydrogens (tertiary/aromatic N) is 1. The van der Waals surface area contributed by atoms with Gasteiger partial charge in [0.25, 0.3) is 0 Å². The molecule has 0 spiro atoms. The number of benzene rings is 1. The molecular formula is C17H23N3OS. The monoisotopic (exact) mass is 317 g/mol. The van der Waals surface area contributed by atoms with Crippen LogP contribution in [0, 0.1) is 0 Å². The van der Waals surface area contributed by atoms with Crippen molar-refractivity contribution in [1.82, 2.24) is 15.6 Å². The Labute approximate surface area is 135 Å². The van der Waals surface area contributed by atoms with Crippen LogP contribution in [0.3, 0.4) is 0 Å². The fraction of sp³-hybridized carbons (Fsp3) is 0.529. The Morgan fingerprint density at radius 3 is 3.14 bits per heavy atom. The number of fused-ring (bicyclic) bond motifs is 1. The van der Waals surface area contributed by atoms with Gasteiger partial charge in [0.15, 0.2) is 0 Å². The molecule has 1 aromatic heterocycles. The minimum atomic E-state index is 0.168. The molecule has 2 aromatic rings. The van der Waals surface area contributed by atoms with E-state index in [1.165, 1.54) is 4.70 Å². The summed E-state index contributed by atoms with van der Waals surface area (Å²) in [6.45, 7) is 3.20. The molecule has 1 aliphatic heterocycles. The Bertz CT molecular complexity index is 607. The predicted molar refractivity (Wildman–Crippen MR) is 91.2 cm³/mol. The van der Waals surface area contributed by atoms with Gasteiger partial charge in [-0.2, -0.15) is 0 Å². The number of nitrogens with one attached hydrogen (secondary N) is 2. The first-order valence-corrected chi connectivity index (χ1v) is 8.91. The highest BCUT2D eigenvalue weighted by molar-refractivity contribution is 7.18. The van der Waals surface area contributed by atoms with Gasteiger partial charge in [-0.15, -0.1) is 11.3 Å². The number of hydrogen-bond donors (Lipinski definition) is 2. The lowest BCUT2D eigenvalue weighted by atomic mass is 9.99. The summed E-state index contributed by atoms with van der Waals surface area (Å²) < 4.78 is 1.23. The summed E-state index contributed by atoms with van der Waals surface area (Å²) in [6.07, 6.45) is 4.54. The fourth-order valence-corrected chi connectivity index (χ4v) is 3.96. The second-order valence-corrected chi connectivity index (χ2v) is 7.10. The van der Waals surface area contributed by atoms with E-state index in [9.17, 15) is 4.79 Å². The Hall–Kier alpha value is -1.46. The highest BCUT2D eigenvalue weighted by atomic mass is 32.1. The molecule has 3 rings (SSSR count). The lowest BCUT2D eigenvalue weighted by Gasteiger charge is -2.30. The molecule has 1 aliphatic rings. The third-order valence-corrected chi connectivity index (χ3v) is 5.34. The molecule has 1 amide bonds. The lowest BCUT2D eigenvalue weighted by Crippen LogP contribution is -2.51. The molecular weight excluding hydrogens is 294 g/mol. The summed E-state index contributed by atoms with van der Waals surface area (Å²) >= 11 is 1.73. The van der Waals surface area contributed by atoms with Crippen molar-refractivity contribution in [2.24, 2.45) is 0 Å². The van der Waals surface area contributed by atoms with Crippen LogP contribution in [0.25, 0.3) is 10.2 Å². The lowest BCUT2D eigenvalue weighted by molar-refractivity contribution is -0.122. The number of aryl methyl sites for hydroxylation is 1. The van der Waals surface area contributed by atoms with Crippen LogP contribution in [0.2, 0.25) is 0 Å². The first-order valence-electron chi connectivity index (χ1n) is 8.09. The Kier molecular flexibility index (Phi) is 5.05. The highest BCUT2D eigenvalue weighted by Crippen LogP contribution is 2.22. The van der Waals surface area contributed by atoms with E-state index in [1.54, 1.807) is 11.3 Å². The molecule has 1 saturated heterocycles. The van der Waals surface area contributed by atoms with Gasteiger partial charge in [-0.3, -0.25) is 4.79 Å². The first-order chi connectivity index (χ1) is 10.7. The molecule has 2 atom stereocenters. The van der Waals surface area contributed by atoms with Gasteiger partial charge >= 0.3 is 0 Å². The Morgan fingerprint density at radius 2 is 2.32 bits per heavy atom. The van der Waals surface area contributed by atoms with Crippen LogP contribution in [0.15, 0.2) is 24.3 Å². The van der Waals surface area contributed by atoms with Crippen molar-refractivity contribution < 1.29 is 4.79 Å². The molecule has 118 valence electrons. The van der Waals surface area contributed by atoms with Crippen molar-refractivity contribution in [3.63, 3.8) is 0 Å². The topological polar surface area (TPSA) is 54.0 Å². The van der Waals surface area contributed by atoms with E-state index in [4.69, 9.17) is 0 Å². The van der Waals surface area contributed by atoms with E-state index in [-0.39, 0.29) is 11.9 Å². The van der Waals surface area contributed by atoms with Gasteiger partial charge in [-0.25, -0.2) is 4.98 Å². The summed E-state index contributed by atoms with van der Waals surface area (Å²) in [5.74, 6) is 0.168. The number of carbonyl (C=O) groups excluding carboxylic acids is 1. The largest absolute Gasteiger partial charge is 0.352 e. The van der Waals surface area contributed by atoms with E-state index < -0.39 is 0 Å². The van der Waals surface area contributed by atoms with E-state index in [0.29, 0.717) is 12.5 Å². The number of hydrogen-bond acceptors (Lipinski definition) is 4. The van der Waals surface area contributed by atoms with Crippen molar-refractivity contribution in [3.05, 3.63) is 29.3 Å². The average Bonchev–Trinajstić information content (AvgIpc) is 2.92. The van der Waals surface area contributed by atoms with Gasteiger partial charge in [-0.05, 0) is 51.3 Å². The molecule has 2 heterocycles. The molecule has 0 saturated carbocycles. The number of amides is 1. The second kappa shape index (κ2) is 7.20. The number of rotatable bonds is 5. The maximum absolute atomic E-state index is 12.1. The van der Waals surface area contributed by atoms with Crippen LogP contribution < -0.4 is 10.6 Å². The number of thiazole rings is 1. The van der Waals surface area contributed by atoms with Crippen molar-refractivity contribution >= 4 is 27.5 Å². The Morgan fingerprint density at radius 1 is 1.45 bits per heavy atom. The molecule has 0 aliphatic carbocycles. The SMILES string of the molecule is CC1NCCCC1NC(=O)CCCc1nc2ccccc2s1. The zero-order valence-electron chi connectivity index (χ0n) is 13.0. The summed E-state index contributed by atoms with van der Waals surface area (Å²) in [6, 6.07) is 8.85.